The molecule has 0 aliphatic heterocycles. The Morgan fingerprint density at radius 1 is 1.21 bits per heavy atom. The fourth-order valence-corrected chi connectivity index (χ4v) is 2.01. The lowest BCUT2D eigenvalue weighted by atomic mass is 10.2. The summed E-state index contributed by atoms with van der Waals surface area (Å²) in [6.45, 7) is 4.82. The predicted octanol–water partition coefficient (Wildman–Crippen LogP) is 1.07. The molecule has 24 heavy (non-hydrogen) atoms. The van der Waals surface area contributed by atoms with Crippen molar-refractivity contribution in [2.24, 2.45) is 5.73 Å². The van der Waals surface area contributed by atoms with Gasteiger partial charge in [0.15, 0.2) is 18.1 Å². The molecule has 0 aliphatic carbocycles. The minimum atomic E-state index is -0.214. The van der Waals surface area contributed by atoms with Crippen molar-refractivity contribution in [3.05, 3.63) is 23.8 Å². The van der Waals surface area contributed by atoms with Crippen LogP contribution in [0.5, 0.6) is 11.5 Å². The van der Waals surface area contributed by atoms with Gasteiger partial charge in [0.2, 0.25) is 0 Å². The number of nitrogens with two attached hydrogens (primary N) is 1. The van der Waals surface area contributed by atoms with E-state index >= 15 is 0 Å². The van der Waals surface area contributed by atoms with E-state index in [4.69, 9.17) is 15.2 Å². The molecule has 1 aromatic rings. The highest BCUT2D eigenvalue weighted by Crippen LogP contribution is 2.28. The van der Waals surface area contributed by atoms with Gasteiger partial charge < -0.3 is 25.8 Å². The first-order chi connectivity index (χ1) is 11.5. The first-order valence-corrected chi connectivity index (χ1v) is 8.06. The van der Waals surface area contributed by atoms with Crippen LogP contribution in [0.3, 0.4) is 0 Å². The van der Waals surface area contributed by atoms with Crippen molar-refractivity contribution in [3.8, 4) is 11.5 Å². The maximum Gasteiger partial charge on any atom is 0.258 e. The summed E-state index contributed by atoms with van der Waals surface area (Å²) in [6, 6.07) is 4.90. The third-order valence-electron chi connectivity index (χ3n) is 3.15. The van der Waals surface area contributed by atoms with E-state index in [-0.39, 0.29) is 24.5 Å². The number of hydrogen-bond donors (Lipinski definition) is 3. The van der Waals surface area contributed by atoms with Crippen molar-refractivity contribution in [2.45, 2.75) is 32.7 Å². The number of ether oxygens (including phenoxy) is 2. The third kappa shape index (κ3) is 6.87. The van der Waals surface area contributed by atoms with Crippen molar-refractivity contribution in [1.29, 1.82) is 0 Å². The molecule has 4 N–H and O–H groups in total. The first kappa shape index (κ1) is 19.8. The van der Waals surface area contributed by atoms with Gasteiger partial charge in [0.25, 0.3) is 11.8 Å². The summed E-state index contributed by atoms with van der Waals surface area (Å²) >= 11 is 0. The van der Waals surface area contributed by atoms with Gasteiger partial charge in [-0.05, 0) is 51.4 Å². The van der Waals surface area contributed by atoms with Crippen molar-refractivity contribution < 1.29 is 19.1 Å². The van der Waals surface area contributed by atoms with E-state index in [9.17, 15) is 9.59 Å². The van der Waals surface area contributed by atoms with E-state index in [0.29, 0.717) is 30.2 Å². The maximum atomic E-state index is 12.1. The van der Waals surface area contributed by atoms with Gasteiger partial charge in [0, 0.05) is 18.2 Å². The fourth-order valence-electron chi connectivity index (χ4n) is 2.01. The number of methoxy groups -OCH3 is 1. The maximum absolute atomic E-state index is 12.1. The molecule has 0 saturated heterocycles. The molecule has 0 saturated carbocycles. The van der Waals surface area contributed by atoms with Crippen LogP contribution in [0.1, 0.15) is 37.0 Å². The Morgan fingerprint density at radius 3 is 2.58 bits per heavy atom. The third-order valence-corrected chi connectivity index (χ3v) is 3.15. The molecular formula is C17H27N3O4. The zero-order valence-corrected chi connectivity index (χ0v) is 14.6. The lowest BCUT2D eigenvalue weighted by Crippen LogP contribution is -2.34. The van der Waals surface area contributed by atoms with E-state index in [1.165, 1.54) is 7.11 Å². The average molecular weight is 337 g/mol. The molecule has 134 valence electrons. The highest BCUT2D eigenvalue weighted by molar-refractivity contribution is 5.94. The molecule has 0 fully saturated rings. The highest BCUT2D eigenvalue weighted by atomic mass is 16.5. The topological polar surface area (TPSA) is 103 Å². The van der Waals surface area contributed by atoms with Gasteiger partial charge in [0.05, 0.1) is 7.11 Å². The molecule has 2 amide bonds. The zero-order chi connectivity index (χ0) is 17.9. The molecule has 0 atom stereocenters. The van der Waals surface area contributed by atoms with Crippen LogP contribution in [0.4, 0.5) is 0 Å². The molecule has 1 aromatic carbocycles. The minimum absolute atomic E-state index is 0.0494. The summed E-state index contributed by atoms with van der Waals surface area (Å²) in [7, 11) is 1.49. The van der Waals surface area contributed by atoms with Crippen LogP contribution in [-0.4, -0.2) is 44.7 Å². The molecule has 1 rings (SSSR count). The van der Waals surface area contributed by atoms with Crippen molar-refractivity contribution in [1.82, 2.24) is 10.6 Å². The average Bonchev–Trinajstić information content (AvgIpc) is 2.55. The van der Waals surface area contributed by atoms with Gasteiger partial charge in [-0.1, -0.05) is 0 Å². The van der Waals surface area contributed by atoms with Crippen LogP contribution in [0.15, 0.2) is 18.2 Å². The number of amides is 2. The van der Waals surface area contributed by atoms with E-state index in [1.807, 2.05) is 13.8 Å². The SMILES string of the molecule is COc1cc(C(=O)NCCCCN)ccc1OCC(=O)NC(C)C. The quantitative estimate of drug-likeness (QED) is 0.554. The molecule has 7 nitrogen and oxygen atoms in total. The van der Waals surface area contributed by atoms with Crippen molar-refractivity contribution in [3.63, 3.8) is 0 Å². The first-order valence-electron chi connectivity index (χ1n) is 8.06. The Hall–Kier alpha value is -2.28. The Labute approximate surface area is 142 Å². The lowest BCUT2D eigenvalue weighted by Gasteiger charge is -2.13. The van der Waals surface area contributed by atoms with Crippen LogP contribution in [0.2, 0.25) is 0 Å². The van der Waals surface area contributed by atoms with Gasteiger partial charge in [-0.15, -0.1) is 0 Å². The molecule has 0 heterocycles. The Morgan fingerprint density at radius 2 is 1.96 bits per heavy atom. The van der Waals surface area contributed by atoms with Gasteiger partial charge >= 0.3 is 0 Å². The van der Waals surface area contributed by atoms with Crippen LogP contribution in [0, 0.1) is 0 Å². The van der Waals surface area contributed by atoms with Gasteiger partial charge in [-0.25, -0.2) is 0 Å². The second-order valence-electron chi connectivity index (χ2n) is 5.63. The second kappa shape index (κ2) is 10.5. The summed E-state index contributed by atoms with van der Waals surface area (Å²) in [5, 5.41) is 5.56. The van der Waals surface area contributed by atoms with Crippen molar-refractivity contribution >= 4 is 11.8 Å². The largest absolute Gasteiger partial charge is 0.493 e. The number of unbranched alkanes of at least 4 members (excludes halogenated alkanes) is 1. The highest BCUT2D eigenvalue weighted by Gasteiger charge is 2.12. The van der Waals surface area contributed by atoms with Crippen LogP contribution in [-0.2, 0) is 4.79 Å². The molecule has 7 heteroatoms. The molecule has 0 aromatic heterocycles. The Kier molecular flexibility index (Phi) is 8.64. The van der Waals surface area contributed by atoms with Gasteiger partial charge in [0.1, 0.15) is 0 Å². The number of carbonyl (C=O) groups excluding carboxylic acids is 2. The number of rotatable bonds is 10. The summed E-state index contributed by atoms with van der Waals surface area (Å²) in [4.78, 5) is 23.7. The molecular weight excluding hydrogens is 310 g/mol. The summed E-state index contributed by atoms with van der Waals surface area (Å²) < 4.78 is 10.7. The van der Waals surface area contributed by atoms with E-state index in [0.717, 1.165) is 12.8 Å². The summed E-state index contributed by atoms with van der Waals surface area (Å²) in [5.41, 5.74) is 5.89. The molecule has 0 aliphatic rings. The minimum Gasteiger partial charge on any atom is -0.493 e. The molecule has 0 radical (unpaired) electrons. The fraction of sp³-hybridized carbons (Fsp3) is 0.529. The predicted molar refractivity (Wildman–Crippen MR) is 92.4 cm³/mol. The Balaban J connectivity index is 2.64. The Bertz CT molecular complexity index is 547. The van der Waals surface area contributed by atoms with Gasteiger partial charge in [-0.2, -0.15) is 0 Å². The summed E-state index contributed by atoms with van der Waals surface area (Å²) in [6.07, 6.45) is 1.71. The second-order valence-corrected chi connectivity index (χ2v) is 5.63. The number of hydrogen-bond acceptors (Lipinski definition) is 5. The zero-order valence-electron chi connectivity index (χ0n) is 14.6. The smallest absolute Gasteiger partial charge is 0.258 e. The number of benzene rings is 1. The molecule has 0 spiro atoms. The van der Waals surface area contributed by atoms with E-state index in [2.05, 4.69) is 10.6 Å². The van der Waals surface area contributed by atoms with Crippen molar-refractivity contribution in [2.75, 3.05) is 26.8 Å². The summed E-state index contributed by atoms with van der Waals surface area (Å²) in [5.74, 6) is 0.418. The molecule has 0 bridgehead atoms. The van der Waals surface area contributed by atoms with E-state index in [1.54, 1.807) is 18.2 Å². The monoisotopic (exact) mass is 337 g/mol. The normalized spacial score (nSPS) is 10.4. The van der Waals surface area contributed by atoms with Gasteiger partial charge in [-0.3, -0.25) is 9.59 Å². The lowest BCUT2D eigenvalue weighted by molar-refractivity contribution is -0.123. The molecule has 0 unspecified atom stereocenters. The van der Waals surface area contributed by atoms with E-state index < -0.39 is 0 Å². The standard InChI is InChI=1S/C17H27N3O4/c1-12(2)20-16(21)11-24-14-7-6-13(10-15(14)23-3)17(22)19-9-5-4-8-18/h6-7,10,12H,4-5,8-9,11,18H2,1-3H3,(H,19,22)(H,20,21). The van der Waals surface area contributed by atoms with Crippen LogP contribution < -0.4 is 25.8 Å². The van der Waals surface area contributed by atoms with Crippen LogP contribution >= 0.6 is 0 Å². The number of nitrogens with one attached hydrogen (secondary N) is 2. The van der Waals surface area contributed by atoms with Crippen LogP contribution in [0.25, 0.3) is 0 Å². The number of carbonyl (C=O) groups is 2.